The van der Waals surface area contributed by atoms with Gasteiger partial charge in [-0.1, -0.05) is 18.7 Å². The minimum Gasteiger partial charge on any atom is -0.454 e. The fraction of sp³-hybridized carbons (Fsp3) is 0.400. The Morgan fingerprint density at radius 3 is 2.32 bits per heavy atom. The van der Waals surface area contributed by atoms with Gasteiger partial charge in [0.2, 0.25) is 10.0 Å². The van der Waals surface area contributed by atoms with Crippen LogP contribution in [0.5, 0.6) is 0 Å². The predicted octanol–water partition coefficient (Wildman–Crippen LogP) is 1.25. The number of carbonyl (C=O) groups is 1. The van der Waals surface area contributed by atoms with E-state index < -0.39 is 16.0 Å². The molecule has 0 aromatic heterocycles. The second-order valence-corrected chi connectivity index (χ2v) is 7.23. The van der Waals surface area contributed by atoms with Crippen LogP contribution >= 0.6 is 0 Å². The molecule has 22 heavy (non-hydrogen) atoms. The maximum Gasteiger partial charge on any atom is 0.334 e. The summed E-state index contributed by atoms with van der Waals surface area (Å²) in [5.41, 5.74) is 1.21. The molecule has 0 aliphatic carbocycles. The minimum atomic E-state index is -3.50. The van der Waals surface area contributed by atoms with Crippen LogP contribution in [0.25, 0.3) is 0 Å². The summed E-state index contributed by atoms with van der Waals surface area (Å²) in [6.07, 6.45) is 0.0640. The van der Waals surface area contributed by atoms with Crippen molar-refractivity contribution >= 4 is 16.0 Å². The zero-order valence-electron chi connectivity index (χ0n) is 12.0. The van der Waals surface area contributed by atoms with Gasteiger partial charge < -0.3 is 9.47 Å². The van der Waals surface area contributed by atoms with Crippen LogP contribution < -0.4 is 0 Å². The smallest absolute Gasteiger partial charge is 0.334 e. The molecule has 7 heteroatoms. The number of cyclic esters (lactones) is 1. The molecule has 3 rings (SSSR count). The monoisotopic (exact) mass is 323 g/mol. The number of rotatable bonds is 3. The molecule has 0 unspecified atom stereocenters. The largest absolute Gasteiger partial charge is 0.454 e. The Hall–Kier alpha value is -1.70. The van der Waals surface area contributed by atoms with Crippen LogP contribution in [-0.4, -0.2) is 45.0 Å². The average molecular weight is 323 g/mol. The maximum atomic E-state index is 12.5. The van der Waals surface area contributed by atoms with E-state index >= 15 is 0 Å². The molecule has 0 amide bonds. The number of ether oxygens (including phenoxy) is 2. The van der Waals surface area contributed by atoms with E-state index in [9.17, 15) is 13.2 Å². The van der Waals surface area contributed by atoms with E-state index in [1.807, 2.05) is 0 Å². The van der Waals surface area contributed by atoms with Crippen molar-refractivity contribution in [1.29, 1.82) is 0 Å². The van der Waals surface area contributed by atoms with Crippen molar-refractivity contribution in [3.63, 3.8) is 0 Å². The van der Waals surface area contributed by atoms with Crippen molar-refractivity contribution in [1.82, 2.24) is 4.31 Å². The topological polar surface area (TPSA) is 72.9 Å². The lowest BCUT2D eigenvalue weighted by atomic mass is 10.1. The Kier molecular flexibility index (Phi) is 4.03. The van der Waals surface area contributed by atoms with Crippen LogP contribution in [0.1, 0.15) is 18.1 Å². The lowest BCUT2D eigenvalue weighted by molar-refractivity contribution is -0.139. The molecule has 0 saturated carbocycles. The number of nitrogens with zero attached hydrogens (tertiary/aromatic N) is 1. The second kappa shape index (κ2) is 5.83. The molecule has 118 valence electrons. The van der Waals surface area contributed by atoms with Gasteiger partial charge >= 0.3 is 5.97 Å². The van der Waals surface area contributed by atoms with Crippen molar-refractivity contribution in [2.45, 2.75) is 17.4 Å². The summed E-state index contributed by atoms with van der Waals surface area (Å²) in [7, 11) is -3.50. The number of carbonyl (C=O) groups excluding carboxylic acids is 1. The Morgan fingerprint density at radius 1 is 1.14 bits per heavy atom. The number of sulfonamides is 1. The Morgan fingerprint density at radius 2 is 1.77 bits per heavy atom. The van der Waals surface area contributed by atoms with E-state index in [1.54, 1.807) is 24.3 Å². The molecule has 1 aromatic rings. The lowest BCUT2D eigenvalue weighted by Gasteiger charge is -2.26. The minimum absolute atomic E-state index is 0.237. The van der Waals surface area contributed by atoms with Gasteiger partial charge in [0.05, 0.1) is 18.1 Å². The van der Waals surface area contributed by atoms with Crippen LogP contribution in [0.3, 0.4) is 0 Å². The van der Waals surface area contributed by atoms with Crippen LogP contribution in [0, 0.1) is 0 Å². The zero-order chi connectivity index (χ0) is 15.7. The molecule has 2 fully saturated rings. The van der Waals surface area contributed by atoms with E-state index in [4.69, 9.17) is 9.47 Å². The molecule has 2 aliphatic heterocycles. The number of benzene rings is 1. The third kappa shape index (κ3) is 2.79. The van der Waals surface area contributed by atoms with Crippen LogP contribution in [0.4, 0.5) is 0 Å². The molecule has 0 radical (unpaired) electrons. The first-order chi connectivity index (χ1) is 10.5. The summed E-state index contributed by atoms with van der Waals surface area (Å²) < 4.78 is 36.8. The summed E-state index contributed by atoms with van der Waals surface area (Å²) in [4.78, 5) is 11.6. The number of hydrogen-bond acceptors (Lipinski definition) is 5. The molecule has 2 heterocycles. The Balaban J connectivity index is 1.79. The average Bonchev–Trinajstić information content (AvgIpc) is 2.88. The molecule has 0 N–H and O–H groups in total. The van der Waals surface area contributed by atoms with Gasteiger partial charge in [0.15, 0.2) is 0 Å². The van der Waals surface area contributed by atoms with E-state index in [2.05, 4.69) is 6.58 Å². The van der Waals surface area contributed by atoms with Gasteiger partial charge in [-0.2, -0.15) is 4.31 Å². The summed E-state index contributed by atoms with van der Waals surface area (Å²) >= 11 is 0. The van der Waals surface area contributed by atoms with Crippen LogP contribution in [0.15, 0.2) is 41.3 Å². The summed E-state index contributed by atoms with van der Waals surface area (Å²) in [6.45, 7) is 5.20. The summed E-state index contributed by atoms with van der Waals surface area (Å²) in [6, 6.07) is 6.47. The van der Waals surface area contributed by atoms with Crippen molar-refractivity contribution in [2.75, 3.05) is 26.3 Å². The van der Waals surface area contributed by atoms with Gasteiger partial charge in [-0.15, -0.1) is 0 Å². The van der Waals surface area contributed by atoms with Gasteiger partial charge in [0.25, 0.3) is 0 Å². The highest BCUT2D eigenvalue weighted by molar-refractivity contribution is 7.89. The molecule has 6 nitrogen and oxygen atoms in total. The van der Waals surface area contributed by atoms with Gasteiger partial charge in [-0.05, 0) is 17.7 Å². The van der Waals surface area contributed by atoms with Gasteiger partial charge in [0, 0.05) is 25.1 Å². The zero-order valence-corrected chi connectivity index (χ0v) is 12.8. The predicted molar refractivity (Wildman–Crippen MR) is 78.6 cm³/mol. The summed E-state index contributed by atoms with van der Waals surface area (Å²) in [5, 5.41) is 0. The quantitative estimate of drug-likeness (QED) is 0.618. The fourth-order valence-electron chi connectivity index (χ4n) is 2.54. The number of esters is 1. The Bertz CT molecular complexity index is 673. The van der Waals surface area contributed by atoms with Gasteiger partial charge in [-0.25, -0.2) is 13.2 Å². The van der Waals surface area contributed by atoms with Gasteiger partial charge in [-0.3, -0.25) is 0 Å². The summed E-state index contributed by atoms with van der Waals surface area (Å²) in [5.74, 6) is -0.394. The first-order valence-corrected chi connectivity index (χ1v) is 8.49. The maximum absolute atomic E-state index is 12.5. The SMILES string of the molecule is C=C1C[C@@H](c2ccc(S(=O)(=O)N3CCOCC3)cc2)OC1=O. The van der Waals surface area contributed by atoms with Crippen LogP contribution in [0.2, 0.25) is 0 Å². The lowest BCUT2D eigenvalue weighted by Crippen LogP contribution is -2.40. The first-order valence-electron chi connectivity index (χ1n) is 7.05. The van der Waals surface area contributed by atoms with E-state index in [0.717, 1.165) is 5.56 Å². The third-order valence-corrected chi connectivity index (χ3v) is 5.74. The van der Waals surface area contributed by atoms with E-state index in [0.29, 0.717) is 38.3 Å². The van der Waals surface area contributed by atoms with Gasteiger partial charge in [0.1, 0.15) is 6.10 Å². The van der Waals surface area contributed by atoms with E-state index in [1.165, 1.54) is 4.31 Å². The molecule has 0 bridgehead atoms. The number of hydrogen-bond donors (Lipinski definition) is 0. The van der Waals surface area contributed by atoms with Crippen LogP contribution in [-0.2, 0) is 24.3 Å². The van der Waals surface area contributed by atoms with E-state index in [-0.39, 0.29) is 11.0 Å². The fourth-order valence-corrected chi connectivity index (χ4v) is 3.95. The second-order valence-electron chi connectivity index (χ2n) is 5.29. The van der Waals surface area contributed by atoms with Crippen molar-refractivity contribution < 1.29 is 22.7 Å². The highest BCUT2D eigenvalue weighted by atomic mass is 32.2. The molecular weight excluding hydrogens is 306 g/mol. The normalized spacial score (nSPS) is 23.5. The highest BCUT2D eigenvalue weighted by Crippen LogP contribution is 2.32. The molecule has 2 saturated heterocycles. The first kappa shape index (κ1) is 15.2. The molecule has 1 atom stereocenters. The standard InChI is InChI=1S/C15H17NO5S/c1-11-10-14(21-15(11)17)12-2-4-13(5-3-12)22(18,19)16-6-8-20-9-7-16/h2-5,14H,1,6-10H2/t14-/m0/s1. The van der Waals surface area contributed by atoms with Crippen molar-refractivity contribution in [3.8, 4) is 0 Å². The molecular formula is C15H17NO5S. The number of morpholine rings is 1. The molecule has 2 aliphatic rings. The molecule has 0 spiro atoms. The molecule has 1 aromatic carbocycles. The highest BCUT2D eigenvalue weighted by Gasteiger charge is 2.30. The third-order valence-electron chi connectivity index (χ3n) is 3.83. The van der Waals surface area contributed by atoms with Crippen molar-refractivity contribution in [2.24, 2.45) is 0 Å². The van der Waals surface area contributed by atoms with Crippen molar-refractivity contribution in [3.05, 3.63) is 42.0 Å². The Labute approximate surface area is 129 Å².